The van der Waals surface area contributed by atoms with Gasteiger partial charge < -0.3 is 5.09 Å². The van der Waals surface area contributed by atoms with Crippen LogP contribution in [0.3, 0.4) is 0 Å². The molecule has 0 bridgehead atoms. The highest BCUT2D eigenvalue weighted by molar-refractivity contribution is 7.73. The van der Waals surface area contributed by atoms with Gasteiger partial charge >= 0.3 is 0 Å². The van der Waals surface area contributed by atoms with Gasteiger partial charge in [-0.1, -0.05) is 63.6 Å². The van der Waals surface area contributed by atoms with E-state index in [0.717, 1.165) is 17.4 Å². The fraction of sp³-hybridized carbons (Fsp3) is 0.455. The average Bonchev–Trinajstić information content (AvgIpc) is 2.63. The standard InChI is InChI=1S/C22H30NOP/c1-17(2)21-15-14-18(3)16-22(21)25(24,20-12-8-5-9-13-20)23-19-10-6-4-7-11-19/h4-13,17-18,21-22H,14-16H2,1-3H3,(H,23,24). The molecule has 134 valence electrons. The van der Waals surface area contributed by atoms with E-state index in [9.17, 15) is 4.57 Å². The maximum atomic E-state index is 14.5. The van der Waals surface area contributed by atoms with Crippen molar-refractivity contribution in [3.8, 4) is 0 Å². The highest BCUT2D eigenvalue weighted by Gasteiger charge is 2.43. The van der Waals surface area contributed by atoms with Gasteiger partial charge in [-0.25, -0.2) is 0 Å². The molecule has 3 heteroatoms. The van der Waals surface area contributed by atoms with E-state index < -0.39 is 7.29 Å². The van der Waals surface area contributed by atoms with Crippen LogP contribution >= 0.6 is 7.29 Å². The van der Waals surface area contributed by atoms with Gasteiger partial charge in [-0.15, -0.1) is 0 Å². The van der Waals surface area contributed by atoms with E-state index in [1.807, 2.05) is 60.7 Å². The van der Waals surface area contributed by atoms with Crippen molar-refractivity contribution in [1.29, 1.82) is 0 Å². The van der Waals surface area contributed by atoms with Gasteiger partial charge in [-0.3, -0.25) is 4.57 Å². The molecule has 2 aromatic rings. The van der Waals surface area contributed by atoms with E-state index in [4.69, 9.17) is 0 Å². The second-order valence-electron chi connectivity index (χ2n) is 7.86. The molecule has 0 spiro atoms. The zero-order chi connectivity index (χ0) is 17.9. The lowest BCUT2D eigenvalue weighted by molar-refractivity contribution is 0.237. The van der Waals surface area contributed by atoms with Crippen molar-refractivity contribution in [3.63, 3.8) is 0 Å². The number of anilines is 1. The Morgan fingerprint density at radius 1 is 0.960 bits per heavy atom. The predicted molar refractivity (Wildman–Crippen MR) is 109 cm³/mol. The summed E-state index contributed by atoms with van der Waals surface area (Å²) in [4.78, 5) is 0. The third-order valence-electron chi connectivity index (χ3n) is 5.66. The zero-order valence-electron chi connectivity index (χ0n) is 15.6. The number of hydrogen-bond donors (Lipinski definition) is 1. The van der Waals surface area contributed by atoms with Gasteiger partial charge in [0, 0.05) is 16.7 Å². The molecule has 1 aliphatic rings. The average molecular weight is 355 g/mol. The monoisotopic (exact) mass is 355 g/mol. The van der Waals surface area contributed by atoms with Gasteiger partial charge in [0.1, 0.15) is 0 Å². The third-order valence-corrected chi connectivity index (χ3v) is 8.85. The Labute approximate surface area is 152 Å². The summed E-state index contributed by atoms with van der Waals surface area (Å²) in [5.41, 5.74) is 1.15. The molecule has 0 aliphatic heterocycles. The maximum absolute atomic E-state index is 14.5. The number of para-hydroxylation sites is 1. The van der Waals surface area contributed by atoms with Crippen LogP contribution in [0.1, 0.15) is 40.0 Å². The molecule has 2 aromatic carbocycles. The molecule has 1 N–H and O–H groups in total. The summed E-state index contributed by atoms with van der Waals surface area (Å²) in [6, 6.07) is 20.1. The lowest BCUT2D eigenvalue weighted by Gasteiger charge is -2.42. The summed E-state index contributed by atoms with van der Waals surface area (Å²) in [5.74, 6) is 1.68. The molecule has 2 nitrogen and oxygen atoms in total. The molecular formula is C22H30NOP. The van der Waals surface area contributed by atoms with Gasteiger partial charge in [0.15, 0.2) is 0 Å². The fourth-order valence-corrected chi connectivity index (χ4v) is 7.78. The van der Waals surface area contributed by atoms with Gasteiger partial charge in [0.05, 0.1) is 0 Å². The van der Waals surface area contributed by atoms with E-state index in [-0.39, 0.29) is 5.66 Å². The first-order valence-corrected chi connectivity index (χ1v) is 11.3. The van der Waals surface area contributed by atoms with Crippen LogP contribution in [0.2, 0.25) is 0 Å². The SMILES string of the molecule is CC1CCC(C(C)C)C(P(=O)(Nc2ccccc2)c2ccccc2)C1. The number of benzene rings is 2. The molecule has 25 heavy (non-hydrogen) atoms. The van der Waals surface area contributed by atoms with Crippen LogP contribution in [0.15, 0.2) is 60.7 Å². The minimum absolute atomic E-state index is 0.193. The second kappa shape index (κ2) is 7.79. The highest BCUT2D eigenvalue weighted by Crippen LogP contribution is 2.58. The minimum Gasteiger partial charge on any atom is -0.333 e. The smallest absolute Gasteiger partial charge is 0.201 e. The van der Waals surface area contributed by atoms with Crippen LogP contribution in [0.25, 0.3) is 0 Å². The summed E-state index contributed by atoms with van der Waals surface area (Å²) in [6.07, 6.45) is 3.46. The largest absolute Gasteiger partial charge is 0.333 e. The Balaban J connectivity index is 2.05. The lowest BCUT2D eigenvalue weighted by atomic mass is 9.77. The van der Waals surface area contributed by atoms with Crippen molar-refractivity contribution in [2.45, 2.75) is 45.7 Å². The summed E-state index contributed by atoms with van der Waals surface area (Å²) in [7, 11) is -2.77. The molecule has 0 amide bonds. The van der Waals surface area contributed by atoms with Crippen molar-refractivity contribution in [3.05, 3.63) is 60.7 Å². The molecular weight excluding hydrogens is 325 g/mol. The van der Waals surface area contributed by atoms with Crippen molar-refractivity contribution in [2.75, 3.05) is 5.09 Å². The lowest BCUT2D eigenvalue weighted by Crippen LogP contribution is -2.36. The van der Waals surface area contributed by atoms with Gasteiger partial charge in [0.2, 0.25) is 7.29 Å². The van der Waals surface area contributed by atoms with E-state index in [2.05, 4.69) is 25.9 Å². The van der Waals surface area contributed by atoms with E-state index in [0.29, 0.717) is 17.8 Å². The Kier molecular flexibility index (Phi) is 5.69. The van der Waals surface area contributed by atoms with E-state index in [1.165, 1.54) is 12.8 Å². The first-order chi connectivity index (χ1) is 12.0. The van der Waals surface area contributed by atoms with Crippen LogP contribution in [0.4, 0.5) is 5.69 Å². The molecule has 0 aromatic heterocycles. The van der Waals surface area contributed by atoms with Gasteiger partial charge in [-0.05, 0) is 54.9 Å². The van der Waals surface area contributed by atoms with Crippen molar-refractivity contribution >= 4 is 18.3 Å². The molecule has 1 aliphatic carbocycles. The Hall–Kier alpha value is -1.53. The molecule has 3 rings (SSSR count). The molecule has 0 heterocycles. The van der Waals surface area contributed by atoms with E-state index in [1.54, 1.807) is 0 Å². The summed E-state index contributed by atoms with van der Waals surface area (Å²) in [6.45, 7) is 6.87. The van der Waals surface area contributed by atoms with Gasteiger partial charge in [-0.2, -0.15) is 0 Å². The van der Waals surface area contributed by atoms with Crippen molar-refractivity contribution in [1.82, 2.24) is 0 Å². The normalized spacial score (nSPS) is 26.2. The minimum atomic E-state index is -2.77. The number of nitrogens with one attached hydrogen (secondary N) is 1. The fourth-order valence-electron chi connectivity index (χ4n) is 4.26. The van der Waals surface area contributed by atoms with Crippen molar-refractivity contribution < 1.29 is 4.57 Å². The predicted octanol–water partition coefficient (Wildman–Crippen LogP) is 6.16. The molecule has 4 atom stereocenters. The van der Waals surface area contributed by atoms with E-state index >= 15 is 0 Å². The molecule has 0 saturated heterocycles. The Morgan fingerprint density at radius 2 is 1.56 bits per heavy atom. The van der Waals surface area contributed by atoms with Crippen LogP contribution in [-0.2, 0) is 4.57 Å². The Bertz CT molecular complexity index is 713. The number of hydrogen-bond acceptors (Lipinski definition) is 1. The topological polar surface area (TPSA) is 29.1 Å². The first kappa shape index (κ1) is 18.3. The van der Waals surface area contributed by atoms with Gasteiger partial charge in [0.25, 0.3) is 0 Å². The van der Waals surface area contributed by atoms with Crippen LogP contribution in [-0.4, -0.2) is 5.66 Å². The molecule has 1 saturated carbocycles. The maximum Gasteiger partial charge on any atom is 0.201 e. The third kappa shape index (κ3) is 4.01. The Morgan fingerprint density at radius 3 is 2.16 bits per heavy atom. The van der Waals surface area contributed by atoms with Crippen LogP contribution in [0, 0.1) is 17.8 Å². The quantitative estimate of drug-likeness (QED) is 0.651. The second-order valence-corrected chi connectivity index (χ2v) is 10.6. The van der Waals surface area contributed by atoms with Crippen molar-refractivity contribution in [2.24, 2.45) is 17.8 Å². The van der Waals surface area contributed by atoms with Crippen LogP contribution in [0.5, 0.6) is 0 Å². The highest BCUT2D eigenvalue weighted by atomic mass is 31.2. The summed E-state index contributed by atoms with van der Waals surface area (Å²) < 4.78 is 14.5. The summed E-state index contributed by atoms with van der Waals surface area (Å²) in [5, 5.41) is 4.46. The molecule has 1 fully saturated rings. The molecule has 0 radical (unpaired) electrons. The number of rotatable bonds is 5. The zero-order valence-corrected chi connectivity index (χ0v) is 16.5. The molecule has 4 unspecified atom stereocenters. The first-order valence-electron chi connectivity index (χ1n) is 9.49. The summed E-state index contributed by atoms with van der Waals surface area (Å²) >= 11 is 0. The van der Waals surface area contributed by atoms with Crippen LogP contribution < -0.4 is 10.4 Å².